The molecule has 7 rings (SSSR count). The first kappa shape index (κ1) is 23.4. The zero-order valence-electron chi connectivity index (χ0n) is 20.5. The van der Waals surface area contributed by atoms with Crippen molar-refractivity contribution in [1.82, 2.24) is 25.2 Å². The van der Waals surface area contributed by atoms with Crippen LogP contribution in [0.4, 0.5) is 5.69 Å². The first-order valence-electron chi connectivity index (χ1n) is 12.8. The van der Waals surface area contributed by atoms with E-state index in [0.717, 1.165) is 56.2 Å². The molecular formula is C27H29N7O3. The highest BCUT2D eigenvalue weighted by molar-refractivity contribution is 6.02. The van der Waals surface area contributed by atoms with Gasteiger partial charge in [0.15, 0.2) is 0 Å². The number of aliphatic hydroxyl groups is 1. The van der Waals surface area contributed by atoms with Crippen LogP contribution in [-0.2, 0) is 4.79 Å². The van der Waals surface area contributed by atoms with E-state index in [1.54, 1.807) is 16.8 Å². The van der Waals surface area contributed by atoms with Crippen LogP contribution in [0.3, 0.4) is 0 Å². The number of pyridine rings is 1. The molecule has 0 spiro atoms. The Morgan fingerprint density at radius 3 is 2.68 bits per heavy atom. The highest BCUT2D eigenvalue weighted by Gasteiger charge is 2.48. The number of hydrogen-bond donors (Lipinski definition) is 4. The number of carbonyl (C=O) groups excluding carboxylic acids is 2. The molecule has 1 atom stereocenters. The summed E-state index contributed by atoms with van der Waals surface area (Å²) in [4.78, 5) is 30.3. The van der Waals surface area contributed by atoms with E-state index >= 15 is 0 Å². The van der Waals surface area contributed by atoms with Gasteiger partial charge >= 0.3 is 0 Å². The zero-order valence-corrected chi connectivity index (χ0v) is 20.5. The van der Waals surface area contributed by atoms with Gasteiger partial charge in [0, 0.05) is 18.3 Å². The highest BCUT2D eigenvalue weighted by Crippen LogP contribution is 2.48. The molecule has 4 N–H and O–H groups in total. The van der Waals surface area contributed by atoms with Crippen molar-refractivity contribution in [2.75, 3.05) is 11.9 Å². The van der Waals surface area contributed by atoms with Gasteiger partial charge in [-0.3, -0.25) is 14.6 Å². The molecule has 3 aromatic heterocycles. The third-order valence-electron chi connectivity index (χ3n) is 8.24. The Balaban J connectivity index is 1.37. The van der Waals surface area contributed by atoms with Crippen LogP contribution in [0.1, 0.15) is 67.3 Å². The molecule has 2 amide bonds. The van der Waals surface area contributed by atoms with Gasteiger partial charge in [-0.2, -0.15) is 10.4 Å². The topological polar surface area (TPSA) is 144 Å². The third-order valence-corrected chi connectivity index (χ3v) is 8.24. The average Bonchev–Trinajstić information content (AvgIpc) is 3.34. The summed E-state index contributed by atoms with van der Waals surface area (Å²) >= 11 is 0. The third kappa shape index (κ3) is 4.29. The van der Waals surface area contributed by atoms with E-state index in [1.165, 1.54) is 6.20 Å². The summed E-state index contributed by atoms with van der Waals surface area (Å²) in [7, 11) is 0. The van der Waals surface area contributed by atoms with Crippen molar-refractivity contribution in [1.29, 1.82) is 5.26 Å². The molecule has 37 heavy (non-hydrogen) atoms. The van der Waals surface area contributed by atoms with Gasteiger partial charge in [0.2, 0.25) is 5.91 Å². The van der Waals surface area contributed by atoms with Crippen LogP contribution in [0.15, 0.2) is 36.7 Å². The molecule has 4 heterocycles. The van der Waals surface area contributed by atoms with Crippen LogP contribution < -0.4 is 16.0 Å². The second-order valence-corrected chi connectivity index (χ2v) is 10.6. The summed E-state index contributed by atoms with van der Waals surface area (Å²) in [6.45, 7) is 0.623. The number of amides is 2. The van der Waals surface area contributed by atoms with Crippen LogP contribution in [-0.4, -0.2) is 55.2 Å². The van der Waals surface area contributed by atoms with Crippen LogP contribution in [0.2, 0.25) is 0 Å². The molecule has 190 valence electrons. The number of carbonyl (C=O) groups is 2. The predicted molar refractivity (Wildman–Crippen MR) is 136 cm³/mol. The van der Waals surface area contributed by atoms with Gasteiger partial charge in [0.05, 0.1) is 45.5 Å². The molecule has 10 heteroatoms. The van der Waals surface area contributed by atoms with Crippen LogP contribution in [0.25, 0.3) is 16.9 Å². The number of anilines is 1. The lowest BCUT2D eigenvalue weighted by Crippen LogP contribution is -2.54. The Morgan fingerprint density at radius 1 is 1.16 bits per heavy atom. The standard InChI is InChI=1S/C27H29N7O3/c28-14-17-12-18-3-4-23(34(18)31-15-17)22-13-21(33-26-5-8-27(37,9-6-26)10-7-26)19(16-30-22)24(35)32-20-2-1-11-29-25(20)36/h3-4,12-13,15-16,20,37H,1-2,5-11H2,(H,29,36)(H,30,33)(H,32,35)/t20-,26?,27?/m1/s1. The predicted octanol–water partition coefficient (Wildman–Crippen LogP) is 2.53. The van der Waals surface area contributed by atoms with Crippen molar-refractivity contribution in [2.45, 2.75) is 68.5 Å². The van der Waals surface area contributed by atoms with Gasteiger partial charge in [0.1, 0.15) is 12.1 Å². The lowest BCUT2D eigenvalue weighted by molar-refractivity contribution is -0.124. The number of nitriles is 1. The summed E-state index contributed by atoms with van der Waals surface area (Å²) in [5.41, 5.74) is 2.86. The number of nitrogens with zero attached hydrogens (tertiary/aromatic N) is 4. The van der Waals surface area contributed by atoms with Crippen molar-refractivity contribution in [3.8, 4) is 17.5 Å². The molecule has 3 aliphatic carbocycles. The summed E-state index contributed by atoms with van der Waals surface area (Å²) in [6.07, 6.45) is 9.13. The first-order valence-corrected chi connectivity index (χ1v) is 12.8. The number of rotatable bonds is 5. The molecule has 4 aliphatic rings. The summed E-state index contributed by atoms with van der Waals surface area (Å²) < 4.78 is 1.72. The van der Waals surface area contributed by atoms with Crippen LogP contribution in [0.5, 0.6) is 0 Å². The van der Waals surface area contributed by atoms with Crippen molar-refractivity contribution >= 4 is 23.0 Å². The Morgan fingerprint density at radius 2 is 1.95 bits per heavy atom. The minimum atomic E-state index is -0.570. The number of piperidine rings is 1. The van der Waals surface area contributed by atoms with Crippen molar-refractivity contribution in [3.05, 3.63) is 47.8 Å². The van der Waals surface area contributed by atoms with Gasteiger partial charge < -0.3 is 21.1 Å². The molecule has 0 aromatic carbocycles. The largest absolute Gasteiger partial charge is 0.390 e. The van der Waals surface area contributed by atoms with E-state index in [9.17, 15) is 20.0 Å². The van der Waals surface area contributed by atoms with Gasteiger partial charge in [0.25, 0.3) is 5.91 Å². The Kier molecular flexibility index (Phi) is 5.60. The normalized spacial score (nSPS) is 26.9. The molecule has 3 aromatic rings. The molecule has 10 nitrogen and oxygen atoms in total. The lowest BCUT2D eigenvalue weighted by Gasteiger charge is -2.51. The lowest BCUT2D eigenvalue weighted by atomic mass is 9.63. The van der Waals surface area contributed by atoms with Crippen molar-refractivity contribution < 1.29 is 14.7 Å². The Hall–Kier alpha value is -3.97. The minimum absolute atomic E-state index is 0.168. The molecule has 3 saturated carbocycles. The van der Waals surface area contributed by atoms with E-state index in [2.05, 4.69) is 32.1 Å². The van der Waals surface area contributed by atoms with E-state index in [-0.39, 0.29) is 17.4 Å². The fourth-order valence-corrected chi connectivity index (χ4v) is 5.92. The second kappa shape index (κ2) is 8.85. The molecular weight excluding hydrogens is 470 g/mol. The number of hydrogen-bond acceptors (Lipinski definition) is 7. The fourth-order valence-electron chi connectivity index (χ4n) is 5.92. The maximum absolute atomic E-state index is 13.4. The first-order chi connectivity index (χ1) is 17.9. The quantitative estimate of drug-likeness (QED) is 0.422. The van der Waals surface area contributed by atoms with E-state index in [1.807, 2.05) is 18.2 Å². The Bertz CT molecular complexity index is 1410. The van der Waals surface area contributed by atoms with Crippen LogP contribution in [0, 0.1) is 11.3 Å². The fraction of sp³-hybridized carbons (Fsp3) is 0.444. The SMILES string of the molecule is N#Cc1cnn2c(-c3cc(NC45CCC(O)(CC4)CC5)c(C(=O)N[C@@H]4CCCNC4=O)cn3)ccc2c1. The number of nitrogens with one attached hydrogen (secondary N) is 3. The smallest absolute Gasteiger partial charge is 0.255 e. The minimum Gasteiger partial charge on any atom is -0.390 e. The summed E-state index contributed by atoms with van der Waals surface area (Å²) in [6, 6.07) is 8.92. The number of aromatic nitrogens is 3. The number of fused-ring (bicyclic) bond motifs is 4. The molecule has 0 radical (unpaired) electrons. The van der Waals surface area contributed by atoms with Gasteiger partial charge in [-0.1, -0.05) is 0 Å². The van der Waals surface area contributed by atoms with Crippen LogP contribution >= 0.6 is 0 Å². The molecule has 4 fully saturated rings. The van der Waals surface area contributed by atoms with E-state index < -0.39 is 11.6 Å². The molecule has 2 bridgehead atoms. The molecule has 0 unspecified atom stereocenters. The highest BCUT2D eigenvalue weighted by atomic mass is 16.3. The molecule has 1 aliphatic heterocycles. The van der Waals surface area contributed by atoms with Gasteiger partial charge in [-0.15, -0.1) is 0 Å². The maximum atomic E-state index is 13.4. The van der Waals surface area contributed by atoms with Gasteiger partial charge in [-0.25, -0.2) is 4.52 Å². The van der Waals surface area contributed by atoms with Gasteiger partial charge in [-0.05, 0) is 75.6 Å². The average molecular weight is 500 g/mol. The maximum Gasteiger partial charge on any atom is 0.255 e. The Labute approximate surface area is 214 Å². The molecule has 1 saturated heterocycles. The van der Waals surface area contributed by atoms with E-state index in [0.29, 0.717) is 35.5 Å². The monoisotopic (exact) mass is 499 g/mol. The second-order valence-electron chi connectivity index (χ2n) is 10.6. The zero-order chi connectivity index (χ0) is 25.6. The van der Waals surface area contributed by atoms with Crippen molar-refractivity contribution in [3.63, 3.8) is 0 Å². The summed E-state index contributed by atoms with van der Waals surface area (Å²) in [5.74, 6) is -0.515. The summed E-state index contributed by atoms with van der Waals surface area (Å²) in [5, 5.41) is 33.7. The van der Waals surface area contributed by atoms with Crippen molar-refractivity contribution in [2.24, 2.45) is 0 Å². The van der Waals surface area contributed by atoms with E-state index in [4.69, 9.17) is 0 Å².